The Morgan fingerprint density at radius 2 is 2.16 bits per heavy atom. The summed E-state index contributed by atoms with van der Waals surface area (Å²) in [5.74, 6) is -1.29. The van der Waals surface area contributed by atoms with Gasteiger partial charge in [-0.2, -0.15) is 5.21 Å². The Morgan fingerprint density at radius 1 is 1.42 bits per heavy atom. The second-order valence-corrected chi connectivity index (χ2v) is 4.11. The number of hydrogen-bond acceptors (Lipinski definition) is 6. The zero-order chi connectivity index (χ0) is 14.0. The molecule has 4 N–H and O–H groups in total. The molecule has 0 bridgehead atoms. The molecule has 9 nitrogen and oxygen atoms in total. The van der Waals surface area contributed by atoms with Gasteiger partial charge in [0.15, 0.2) is 11.5 Å². The van der Waals surface area contributed by atoms with Crippen LogP contribution < -0.4 is 11.1 Å². The van der Waals surface area contributed by atoms with E-state index in [4.69, 9.17) is 10.3 Å². The van der Waals surface area contributed by atoms with Crippen LogP contribution in [0, 0.1) is 0 Å². The third kappa shape index (κ3) is 2.59. The van der Waals surface area contributed by atoms with Crippen molar-refractivity contribution in [1.29, 1.82) is 0 Å². The molecule has 2 heterocycles. The number of nitrogens with two attached hydrogens (primary N) is 1. The number of aromatic amines is 1. The Morgan fingerprint density at radius 3 is 2.74 bits per heavy atom. The number of H-pyrrole nitrogens is 1. The van der Waals surface area contributed by atoms with Crippen LogP contribution in [-0.2, 0) is 0 Å². The van der Waals surface area contributed by atoms with Crippen LogP contribution in [0.4, 0.5) is 5.82 Å². The summed E-state index contributed by atoms with van der Waals surface area (Å²) >= 11 is 0. The molecule has 2 amide bonds. The Bertz CT molecular complexity index is 614. The number of carbonyl (C=O) groups is 2. The molecule has 0 radical (unpaired) electrons. The number of anilines is 1. The molecule has 2 rings (SSSR count). The highest BCUT2D eigenvalue weighted by Crippen LogP contribution is 2.15. The van der Waals surface area contributed by atoms with Crippen molar-refractivity contribution in [3.63, 3.8) is 0 Å². The maximum absolute atomic E-state index is 11.8. The molecule has 19 heavy (non-hydrogen) atoms. The molecular weight excluding hydrogens is 252 g/mol. The summed E-state index contributed by atoms with van der Waals surface area (Å²) in [5, 5.41) is 15.5. The zero-order valence-corrected chi connectivity index (χ0v) is 10.3. The van der Waals surface area contributed by atoms with Crippen molar-refractivity contribution < 1.29 is 14.1 Å². The average molecular weight is 264 g/mol. The van der Waals surface area contributed by atoms with E-state index >= 15 is 0 Å². The van der Waals surface area contributed by atoms with Crippen LogP contribution in [0.15, 0.2) is 10.6 Å². The molecule has 0 spiro atoms. The average Bonchev–Trinajstić information content (AvgIpc) is 2.96. The summed E-state index contributed by atoms with van der Waals surface area (Å²) in [6.07, 6.45) is 0. The zero-order valence-electron chi connectivity index (χ0n) is 10.3. The van der Waals surface area contributed by atoms with Gasteiger partial charge in [-0.1, -0.05) is 19.0 Å². The van der Waals surface area contributed by atoms with Crippen LogP contribution in [0.5, 0.6) is 0 Å². The largest absolute Gasteiger partial charge is 0.364 e. The van der Waals surface area contributed by atoms with E-state index in [0.717, 1.165) is 0 Å². The third-order valence-corrected chi connectivity index (χ3v) is 2.36. The van der Waals surface area contributed by atoms with E-state index in [1.54, 1.807) is 0 Å². The number of nitrogens with one attached hydrogen (secondary N) is 2. The highest BCUT2D eigenvalue weighted by atomic mass is 16.5. The van der Waals surface area contributed by atoms with Crippen LogP contribution in [-0.4, -0.2) is 32.4 Å². The van der Waals surface area contributed by atoms with Gasteiger partial charge in [0, 0.05) is 6.07 Å². The molecule has 0 saturated heterocycles. The second kappa shape index (κ2) is 4.88. The Labute approximate surface area is 107 Å². The quantitative estimate of drug-likeness (QED) is 0.723. The first-order valence-electron chi connectivity index (χ1n) is 5.47. The number of hydrogen-bond donors (Lipinski definition) is 3. The van der Waals surface area contributed by atoms with Crippen LogP contribution >= 0.6 is 0 Å². The van der Waals surface area contributed by atoms with E-state index in [-0.39, 0.29) is 23.2 Å². The second-order valence-electron chi connectivity index (χ2n) is 4.11. The molecule has 0 aromatic carbocycles. The molecule has 0 saturated carbocycles. The predicted molar refractivity (Wildman–Crippen MR) is 63.4 cm³/mol. The van der Waals surface area contributed by atoms with Gasteiger partial charge < -0.3 is 15.6 Å². The van der Waals surface area contributed by atoms with Gasteiger partial charge in [0.25, 0.3) is 11.8 Å². The summed E-state index contributed by atoms with van der Waals surface area (Å²) in [7, 11) is 0. The first-order chi connectivity index (χ1) is 8.99. The van der Waals surface area contributed by atoms with Gasteiger partial charge in [-0.25, -0.2) is 0 Å². The lowest BCUT2D eigenvalue weighted by Gasteiger charge is -1.98. The standard InChI is InChI=1S/C10H12N6O3/c1-4(2)5-3-6(19-15-5)10(18)12-9-7(8(11)17)13-16-14-9/h3-4H,1-2H3,(H2,11,17)(H2,12,13,14,16,18). The molecule has 100 valence electrons. The van der Waals surface area contributed by atoms with Gasteiger partial charge >= 0.3 is 0 Å². The molecule has 9 heteroatoms. The van der Waals surface area contributed by atoms with Crippen molar-refractivity contribution in [2.45, 2.75) is 19.8 Å². The fraction of sp³-hybridized carbons (Fsp3) is 0.300. The molecule has 2 aromatic heterocycles. The number of carbonyl (C=O) groups excluding carboxylic acids is 2. The van der Waals surface area contributed by atoms with Crippen LogP contribution in [0.2, 0.25) is 0 Å². The number of rotatable bonds is 4. The number of amides is 2. The molecule has 0 fully saturated rings. The molecule has 0 aliphatic rings. The normalized spacial score (nSPS) is 10.7. The molecule has 0 aliphatic heterocycles. The predicted octanol–water partition coefficient (Wildman–Crippen LogP) is 0.267. The molecule has 0 aliphatic carbocycles. The monoisotopic (exact) mass is 264 g/mol. The SMILES string of the molecule is CC(C)c1cc(C(=O)Nc2n[nH]nc2C(N)=O)on1. The Balaban J connectivity index is 2.16. The smallest absolute Gasteiger partial charge is 0.295 e. The Kier molecular flexibility index (Phi) is 3.27. The first kappa shape index (κ1) is 12.7. The summed E-state index contributed by atoms with van der Waals surface area (Å²) in [6.45, 7) is 3.84. The van der Waals surface area contributed by atoms with Crippen molar-refractivity contribution in [3.05, 3.63) is 23.2 Å². The van der Waals surface area contributed by atoms with E-state index < -0.39 is 11.8 Å². The summed E-state index contributed by atoms with van der Waals surface area (Å²) in [6, 6.07) is 1.52. The lowest BCUT2D eigenvalue weighted by molar-refractivity contribution is 0.0987. The summed E-state index contributed by atoms with van der Waals surface area (Å²) in [4.78, 5) is 22.9. The topological polar surface area (TPSA) is 140 Å². The van der Waals surface area contributed by atoms with Crippen molar-refractivity contribution in [2.24, 2.45) is 5.73 Å². The van der Waals surface area contributed by atoms with Gasteiger partial charge in [0.2, 0.25) is 5.76 Å². The van der Waals surface area contributed by atoms with Crippen molar-refractivity contribution in [2.75, 3.05) is 5.32 Å². The fourth-order valence-corrected chi connectivity index (χ4v) is 1.33. The maximum atomic E-state index is 11.8. The third-order valence-electron chi connectivity index (χ3n) is 2.36. The minimum absolute atomic E-state index is 0.0159. The van der Waals surface area contributed by atoms with Gasteiger partial charge in [0.1, 0.15) is 0 Å². The first-order valence-corrected chi connectivity index (χ1v) is 5.47. The van der Waals surface area contributed by atoms with Crippen LogP contribution in [0.25, 0.3) is 0 Å². The van der Waals surface area contributed by atoms with Crippen molar-refractivity contribution in [1.82, 2.24) is 20.6 Å². The molecule has 2 aromatic rings. The van der Waals surface area contributed by atoms with E-state index in [0.29, 0.717) is 5.69 Å². The molecule has 0 atom stereocenters. The van der Waals surface area contributed by atoms with E-state index in [2.05, 4.69) is 25.9 Å². The van der Waals surface area contributed by atoms with Crippen molar-refractivity contribution >= 4 is 17.6 Å². The fourth-order valence-electron chi connectivity index (χ4n) is 1.33. The minimum atomic E-state index is -0.801. The summed E-state index contributed by atoms with van der Waals surface area (Å²) in [5.41, 5.74) is 5.57. The van der Waals surface area contributed by atoms with E-state index in [1.165, 1.54) is 6.07 Å². The van der Waals surface area contributed by atoms with Gasteiger partial charge in [0.05, 0.1) is 5.69 Å². The van der Waals surface area contributed by atoms with Crippen LogP contribution in [0.3, 0.4) is 0 Å². The Hall–Kier alpha value is -2.71. The maximum Gasteiger partial charge on any atom is 0.295 e. The van der Waals surface area contributed by atoms with E-state index in [9.17, 15) is 9.59 Å². The number of aromatic nitrogens is 4. The number of nitrogens with zero attached hydrogens (tertiary/aromatic N) is 3. The lowest BCUT2D eigenvalue weighted by Crippen LogP contribution is -2.18. The van der Waals surface area contributed by atoms with Gasteiger partial charge in [-0.3, -0.25) is 9.59 Å². The highest BCUT2D eigenvalue weighted by Gasteiger charge is 2.20. The van der Waals surface area contributed by atoms with Gasteiger partial charge in [-0.15, -0.1) is 10.2 Å². The van der Waals surface area contributed by atoms with Crippen molar-refractivity contribution in [3.8, 4) is 0 Å². The van der Waals surface area contributed by atoms with Gasteiger partial charge in [-0.05, 0) is 5.92 Å². The number of primary amides is 1. The molecular formula is C10H12N6O3. The lowest BCUT2D eigenvalue weighted by atomic mass is 10.1. The summed E-state index contributed by atoms with van der Waals surface area (Å²) < 4.78 is 4.90. The highest BCUT2D eigenvalue weighted by molar-refractivity contribution is 6.05. The van der Waals surface area contributed by atoms with E-state index in [1.807, 2.05) is 13.8 Å². The minimum Gasteiger partial charge on any atom is -0.364 e. The van der Waals surface area contributed by atoms with Crippen LogP contribution in [0.1, 0.15) is 46.5 Å². The molecule has 0 unspecified atom stereocenters.